The number of rotatable bonds is 1. The van der Waals surface area contributed by atoms with Gasteiger partial charge in [-0.1, -0.05) is 0 Å². The van der Waals surface area contributed by atoms with E-state index in [-0.39, 0.29) is 12.4 Å². The fourth-order valence-electron chi connectivity index (χ4n) is 0.637. The van der Waals surface area contributed by atoms with Crippen LogP contribution in [0, 0.1) is 0 Å². The van der Waals surface area contributed by atoms with Crippen LogP contribution in [0.1, 0.15) is 5.56 Å². The monoisotopic (exact) mass is 175 g/mol. The number of aromatic nitrogens is 1. The second-order valence-corrected chi connectivity index (χ2v) is 2.35. The Morgan fingerprint density at radius 2 is 1.90 bits per heavy atom. The first kappa shape index (κ1) is 9.79. The third kappa shape index (κ3) is 2.58. The molecule has 0 saturated heterocycles. The molecule has 0 aliphatic rings. The highest BCUT2D eigenvalue weighted by Gasteiger charge is 1.90. The molecule has 0 saturated carbocycles. The van der Waals surface area contributed by atoms with E-state index in [0.717, 1.165) is 5.75 Å². The van der Waals surface area contributed by atoms with Crippen molar-refractivity contribution in [3.8, 4) is 0 Å². The van der Waals surface area contributed by atoms with E-state index in [1.54, 1.807) is 0 Å². The highest BCUT2D eigenvalue weighted by Crippen LogP contribution is 1.97. The van der Waals surface area contributed by atoms with Crippen LogP contribution in [0.5, 0.6) is 0 Å². The van der Waals surface area contributed by atoms with Crippen molar-refractivity contribution in [1.82, 2.24) is 0 Å². The molecule has 3 heteroatoms. The third-order valence-corrected chi connectivity index (χ3v) is 1.60. The minimum atomic E-state index is 0. The summed E-state index contributed by atoms with van der Waals surface area (Å²) in [6.45, 7) is 0. The fourth-order valence-corrected chi connectivity index (χ4v) is 0.848. The molecule has 1 nitrogen and oxygen atoms in total. The minimum Gasteiger partial charge on any atom is -1.00 e. The highest BCUT2D eigenvalue weighted by molar-refractivity contribution is 7.79. The predicted molar refractivity (Wildman–Crippen MR) is 40.3 cm³/mol. The summed E-state index contributed by atoms with van der Waals surface area (Å²) in [7, 11) is 2.00. The van der Waals surface area contributed by atoms with Crippen molar-refractivity contribution in [2.45, 2.75) is 5.75 Å². The Morgan fingerprint density at radius 1 is 1.40 bits per heavy atom. The van der Waals surface area contributed by atoms with Crippen LogP contribution in [-0.4, -0.2) is 0 Å². The molecule has 1 heterocycles. The van der Waals surface area contributed by atoms with Gasteiger partial charge in [0.1, 0.15) is 7.05 Å². The fraction of sp³-hybridized carbons (Fsp3) is 0.286. The molecule has 0 unspecified atom stereocenters. The van der Waals surface area contributed by atoms with Gasteiger partial charge < -0.3 is 12.4 Å². The number of thiol groups is 1. The second kappa shape index (κ2) is 4.58. The van der Waals surface area contributed by atoms with Crippen molar-refractivity contribution >= 4 is 12.6 Å². The molecule has 0 spiro atoms. The number of aryl methyl sites for hydroxylation is 1. The first-order valence-electron chi connectivity index (χ1n) is 2.88. The normalized spacial score (nSPS) is 8.60. The van der Waals surface area contributed by atoms with E-state index < -0.39 is 0 Å². The maximum Gasteiger partial charge on any atom is 0.168 e. The number of pyridine rings is 1. The van der Waals surface area contributed by atoms with Gasteiger partial charge >= 0.3 is 0 Å². The van der Waals surface area contributed by atoms with Gasteiger partial charge in [0.25, 0.3) is 0 Å². The molecule has 1 aromatic rings. The standard InChI is InChI=1S/C7H9NS.ClH/c1-8-4-2-7(6-9)3-5-8;/h2-5H,6H2,1H3;1H. The van der Waals surface area contributed by atoms with Crippen LogP contribution in [0.25, 0.3) is 0 Å². The molecule has 10 heavy (non-hydrogen) atoms. The van der Waals surface area contributed by atoms with Gasteiger partial charge in [0.2, 0.25) is 0 Å². The molecule has 0 fully saturated rings. The zero-order chi connectivity index (χ0) is 6.69. The zero-order valence-electron chi connectivity index (χ0n) is 5.79. The molecule has 0 N–H and O–H groups in total. The Hall–Kier alpha value is -0.210. The van der Waals surface area contributed by atoms with Crippen LogP contribution in [-0.2, 0) is 12.8 Å². The van der Waals surface area contributed by atoms with Gasteiger partial charge in [-0.2, -0.15) is 12.6 Å². The maximum absolute atomic E-state index is 4.14. The molecular formula is C7H10ClNS. The molecule has 1 rings (SSSR count). The second-order valence-electron chi connectivity index (χ2n) is 2.03. The van der Waals surface area contributed by atoms with Gasteiger partial charge in [-0.15, -0.1) is 0 Å². The van der Waals surface area contributed by atoms with Crippen LogP contribution in [0.2, 0.25) is 0 Å². The van der Waals surface area contributed by atoms with E-state index in [4.69, 9.17) is 0 Å². The van der Waals surface area contributed by atoms with Crippen LogP contribution in [0.3, 0.4) is 0 Å². The van der Waals surface area contributed by atoms with Gasteiger partial charge in [0, 0.05) is 17.9 Å². The van der Waals surface area contributed by atoms with E-state index in [1.165, 1.54) is 5.56 Å². The van der Waals surface area contributed by atoms with E-state index in [1.807, 2.05) is 24.0 Å². The summed E-state index contributed by atoms with van der Waals surface area (Å²) < 4.78 is 2.01. The number of nitrogens with zero attached hydrogens (tertiary/aromatic N) is 1. The van der Waals surface area contributed by atoms with E-state index in [2.05, 4.69) is 24.8 Å². The van der Waals surface area contributed by atoms with Crippen LogP contribution in [0.15, 0.2) is 24.5 Å². The van der Waals surface area contributed by atoms with Crippen LogP contribution >= 0.6 is 12.6 Å². The van der Waals surface area contributed by atoms with Crippen molar-refractivity contribution in [3.05, 3.63) is 30.1 Å². The molecule has 1 aromatic heterocycles. The average molecular weight is 176 g/mol. The Balaban J connectivity index is 0.000000810. The molecule has 0 aliphatic heterocycles. The van der Waals surface area contributed by atoms with E-state index >= 15 is 0 Å². The lowest BCUT2D eigenvalue weighted by Gasteiger charge is -1.89. The number of halogens is 1. The van der Waals surface area contributed by atoms with Crippen molar-refractivity contribution in [3.63, 3.8) is 0 Å². The predicted octanol–water partition coefficient (Wildman–Crippen LogP) is -2.06. The molecule has 0 radical (unpaired) electrons. The molecule has 0 aliphatic carbocycles. The lowest BCUT2D eigenvalue weighted by Crippen LogP contribution is -3.00. The number of hydrogen-bond donors (Lipinski definition) is 1. The van der Waals surface area contributed by atoms with Gasteiger partial charge in [-0.25, -0.2) is 4.57 Å². The third-order valence-electron chi connectivity index (χ3n) is 1.23. The largest absolute Gasteiger partial charge is 1.00 e. The Bertz CT molecular complexity index is 185. The van der Waals surface area contributed by atoms with Crippen molar-refractivity contribution in [1.29, 1.82) is 0 Å². The number of hydrogen-bond acceptors (Lipinski definition) is 1. The van der Waals surface area contributed by atoms with Crippen molar-refractivity contribution in [2.75, 3.05) is 0 Å². The average Bonchev–Trinajstić information content (AvgIpc) is 1.90. The van der Waals surface area contributed by atoms with Crippen LogP contribution in [0.4, 0.5) is 0 Å². The SMILES string of the molecule is C[n+]1ccc(CS)cc1.[Cl-]. The van der Waals surface area contributed by atoms with Crippen LogP contribution < -0.4 is 17.0 Å². The van der Waals surface area contributed by atoms with E-state index in [0.29, 0.717) is 0 Å². The molecule has 0 bridgehead atoms. The Kier molecular flexibility index (Phi) is 4.49. The van der Waals surface area contributed by atoms with E-state index in [9.17, 15) is 0 Å². The summed E-state index contributed by atoms with van der Waals surface area (Å²) in [5, 5.41) is 0. The molecule has 56 valence electrons. The summed E-state index contributed by atoms with van der Waals surface area (Å²) in [6, 6.07) is 4.12. The van der Waals surface area contributed by atoms with Crippen molar-refractivity contribution in [2.24, 2.45) is 7.05 Å². The van der Waals surface area contributed by atoms with Gasteiger partial charge in [0.05, 0.1) is 0 Å². The van der Waals surface area contributed by atoms with Gasteiger partial charge in [-0.05, 0) is 5.56 Å². The summed E-state index contributed by atoms with van der Waals surface area (Å²) in [5.74, 6) is 0.820. The quantitative estimate of drug-likeness (QED) is 0.370. The lowest BCUT2D eigenvalue weighted by atomic mass is 10.3. The Morgan fingerprint density at radius 3 is 2.30 bits per heavy atom. The minimum absolute atomic E-state index is 0. The van der Waals surface area contributed by atoms with Crippen molar-refractivity contribution < 1.29 is 17.0 Å². The summed E-state index contributed by atoms with van der Waals surface area (Å²) in [5.41, 5.74) is 1.26. The molecule has 0 aromatic carbocycles. The zero-order valence-corrected chi connectivity index (χ0v) is 7.44. The molecular weight excluding hydrogens is 166 g/mol. The van der Waals surface area contributed by atoms with Gasteiger partial charge in [-0.3, -0.25) is 0 Å². The summed E-state index contributed by atoms with van der Waals surface area (Å²) in [6.07, 6.45) is 4.04. The smallest absolute Gasteiger partial charge is 0.168 e. The topological polar surface area (TPSA) is 3.88 Å². The van der Waals surface area contributed by atoms with Gasteiger partial charge in [0.15, 0.2) is 12.4 Å². The molecule has 0 amide bonds. The first-order chi connectivity index (χ1) is 4.33. The summed E-state index contributed by atoms with van der Waals surface area (Å²) in [4.78, 5) is 0. The maximum atomic E-state index is 4.14. The Labute approximate surface area is 72.9 Å². The summed E-state index contributed by atoms with van der Waals surface area (Å²) >= 11 is 4.14. The lowest BCUT2D eigenvalue weighted by molar-refractivity contribution is -0.671. The first-order valence-corrected chi connectivity index (χ1v) is 3.51. The highest BCUT2D eigenvalue weighted by atomic mass is 35.5. The molecule has 0 atom stereocenters.